The highest BCUT2D eigenvalue weighted by atomic mass is 15.2. The van der Waals surface area contributed by atoms with Gasteiger partial charge in [0, 0.05) is 24.6 Å². The molecule has 0 unspecified atom stereocenters. The number of nitrogens with zero attached hydrogens (tertiary/aromatic N) is 3. The Balaban J connectivity index is 2.25. The van der Waals surface area contributed by atoms with Gasteiger partial charge < -0.3 is 9.88 Å². The maximum atomic E-state index is 4.41. The highest BCUT2D eigenvalue weighted by Gasteiger charge is 2.04. The molecule has 1 N–H and O–H groups in total. The zero-order valence-electron chi connectivity index (χ0n) is 10.1. The number of hydrogen-bond donors (Lipinski definition) is 1. The van der Waals surface area contributed by atoms with Gasteiger partial charge in [0.25, 0.3) is 0 Å². The number of rotatable bonds is 4. The standard InChI is InChI=1S/C13H16N4/c1-4-8-17-9-7-14-13(17)16-12-6-5-10(2)15-11(12)3/h4-7,9H,1,8H2,2-3H3,(H,14,16). The summed E-state index contributed by atoms with van der Waals surface area (Å²) in [5.74, 6) is 0.804. The molecule has 2 heterocycles. The first-order chi connectivity index (χ1) is 8.20. The van der Waals surface area contributed by atoms with Gasteiger partial charge in [-0.25, -0.2) is 4.98 Å². The third-order valence-corrected chi connectivity index (χ3v) is 2.51. The molecule has 0 aliphatic rings. The van der Waals surface area contributed by atoms with Crippen molar-refractivity contribution in [1.29, 1.82) is 0 Å². The Kier molecular flexibility index (Phi) is 3.23. The number of hydrogen-bond acceptors (Lipinski definition) is 3. The van der Waals surface area contributed by atoms with Crippen molar-refractivity contribution in [2.45, 2.75) is 20.4 Å². The summed E-state index contributed by atoms with van der Waals surface area (Å²) in [5.41, 5.74) is 2.97. The van der Waals surface area contributed by atoms with Crippen molar-refractivity contribution in [2.75, 3.05) is 5.32 Å². The van der Waals surface area contributed by atoms with Crippen LogP contribution in [0.25, 0.3) is 0 Å². The van der Waals surface area contributed by atoms with Crippen LogP contribution in [0.3, 0.4) is 0 Å². The minimum absolute atomic E-state index is 0.737. The minimum atomic E-state index is 0.737. The molecule has 2 aromatic heterocycles. The monoisotopic (exact) mass is 228 g/mol. The summed E-state index contributed by atoms with van der Waals surface area (Å²) in [6, 6.07) is 4.00. The number of nitrogens with one attached hydrogen (secondary N) is 1. The Morgan fingerprint density at radius 1 is 1.41 bits per heavy atom. The van der Waals surface area contributed by atoms with Crippen molar-refractivity contribution in [3.05, 3.63) is 48.6 Å². The third kappa shape index (κ3) is 2.53. The second-order valence-electron chi connectivity index (χ2n) is 3.90. The Hall–Kier alpha value is -2.10. The van der Waals surface area contributed by atoms with Gasteiger partial charge in [-0.05, 0) is 26.0 Å². The van der Waals surface area contributed by atoms with Gasteiger partial charge in [0.05, 0.1) is 11.4 Å². The number of pyridine rings is 1. The van der Waals surface area contributed by atoms with E-state index in [0.717, 1.165) is 29.6 Å². The molecule has 0 amide bonds. The molecule has 88 valence electrons. The molecule has 0 aliphatic carbocycles. The maximum Gasteiger partial charge on any atom is 0.207 e. The molecule has 0 radical (unpaired) electrons. The lowest BCUT2D eigenvalue weighted by molar-refractivity contribution is 0.832. The van der Waals surface area contributed by atoms with Crippen molar-refractivity contribution >= 4 is 11.6 Å². The van der Waals surface area contributed by atoms with Crippen molar-refractivity contribution in [3.63, 3.8) is 0 Å². The average molecular weight is 228 g/mol. The lowest BCUT2D eigenvalue weighted by Gasteiger charge is -2.10. The average Bonchev–Trinajstić information content (AvgIpc) is 2.71. The van der Waals surface area contributed by atoms with Crippen molar-refractivity contribution in [3.8, 4) is 0 Å². The topological polar surface area (TPSA) is 42.7 Å². The highest BCUT2D eigenvalue weighted by Crippen LogP contribution is 2.18. The molecule has 0 atom stereocenters. The molecular formula is C13H16N4. The molecule has 0 aliphatic heterocycles. The minimum Gasteiger partial charge on any atom is -0.324 e. The van der Waals surface area contributed by atoms with Gasteiger partial charge in [0.15, 0.2) is 0 Å². The molecule has 0 saturated heterocycles. The zero-order valence-corrected chi connectivity index (χ0v) is 10.1. The van der Waals surface area contributed by atoms with Crippen LogP contribution in [0.4, 0.5) is 11.6 Å². The fourth-order valence-corrected chi connectivity index (χ4v) is 1.66. The van der Waals surface area contributed by atoms with Crippen LogP contribution < -0.4 is 5.32 Å². The Bertz CT molecular complexity index is 528. The molecule has 2 rings (SSSR count). The predicted octanol–water partition coefficient (Wildman–Crippen LogP) is 2.82. The van der Waals surface area contributed by atoms with E-state index in [1.807, 2.05) is 42.8 Å². The van der Waals surface area contributed by atoms with Crippen LogP contribution in [0.1, 0.15) is 11.4 Å². The van der Waals surface area contributed by atoms with E-state index >= 15 is 0 Å². The predicted molar refractivity (Wildman–Crippen MR) is 69.4 cm³/mol. The first kappa shape index (κ1) is 11.4. The van der Waals surface area contributed by atoms with Crippen LogP contribution in [0, 0.1) is 13.8 Å². The van der Waals surface area contributed by atoms with Gasteiger partial charge >= 0.3 is 0 Å². The van der Waals surface area contributed by atoms with Gasteiger partial charge in [-0.15, -0.1) is 6.58 Å². The molecule has 0 saturated carbocycles. The van der Waals surface area contributed by atoms with E-state index in [1.54, 1.807) is 6.20 Å². The van der Waals surface area contributed by atoms with Crippen molar-refractivity contribution in [1.82, 2.24) is 14.5 Å². The van der Waals surface area contributed by atoms with Gasteiger partial charge in [-0.1, -0.05) is 6.08 Å². The second kappa shape index (κ2) is 4.82. The SMILES string of the molecule is C=CCn1ccnc1Nc1ccc(C)nc1C. The number of anilines is 2. The van der Waals surface area contributed by atoms with Crippen molar-refractivity contribution in [2.24, 2.45) is 0 Å². The molecule has 2 aromatic rings. The van der Waals surface area contributed by atoms with Gasteiger partial charge in [-0.2, -0.15) is 0 Å². The fraction of sp³-hybridized carbons (Fsp3) is 0.231. The van der Waals surface area contributed by atoms with Crippen LogP contribution in [0.15, 0.2) is 37.2 Å². The summed E-state index contributed by atoms with van der Waals surface area (Å²) >= 11 is 0. The molecule has 0 aromatic carbocycles. The number of imidazole rings is 1. The number of aryl methyl sites for hydroxylation is 2. The zero-order chi connectivity index (χ0) is 12.3. The maximum absolute atomic E-state index is 4.41. The molecule has 0 fully saturated rings. The van der Waals surface area contributed by atoms with Gasteiger partial charge in [0.1, 0.15) is 0 Å². The lowest BCUT2D eigenvalue weighted by Crippen LogP contribution is -2.03. The van der Waals surface area contributed by atoms with E-state index in [2.05, 4.69) is 21.9 Å². The van der Waals surface area contributed by atoms with Crippen LogP contribution in [0.5, 0.6) is 0 Å². The smallest absolute Gasteiger partial charge is 0.207 e. The summed E-state index contributed by atoms with van der Waals surface area (Å²) in [7, 11) is 0. The highest BCUT2D eigenvalue weighted by molar-refractivity contribution is 5.56. The largest absolute Gasteiger partial charge is 0.324 e. The van der Waals surface area contributed by atoms with Crippen LogP contribution in [-0.2, 0) is 6.54 Å². The molecule has 4 heteroatoms. The van der Waals surface area contributed by atoms with E-state index in [-0.39, 0.29) is 0 Å². The first-order valence-electron chi connectivity index (χ1n) is 5.54. The molecule has 17 heavy (non-hydrogen) atoms. The Morgan fingerprint density at radius 3 is 2.94 bits per heavy atom. The van der Waals surface area contributed by atoms with E-state index in [0.29, 0.717) is 0 Å². The summed E-state index contributed by atoms with van der Waals surface area (Å²) < 4.78 is 1.99. The normalized spacial score (nSPS) is 10.2. The first-order valence-corrected chi connectivity index (χ1v) is 5.54. The summed E-state index contributed by atoms with van der Waals surface area (Å²) in [5, 5.41) is 3.27. The fourth-order valence-electron chi connectivity index (χ4n) is 1.66. The quantitative estimate of drug-likeness (QED) is 0.818. The van der Waals surface area contributed by atoms with Crippen molar-refractivity contribution < 1.29 is 0 Å². The van der Waals surface area contributed by atoms with Crippen LogP contribution >= 0.6 is 0 Å². The van der Waals surface area contributed by atoms with Gasteiger partial charge in [0.2, 0.25) is 5.95 Å². The third-order valence-electron chi connectivity index (χ3n) is 2.51. The summed E-state index contributed by atoms with van der Waals surface area (Å²) in [4.78, 5) is 8.68. The van der Waals surface area contributed by atoms with E-state index in [1.165, 1.54) is 0 Å². The molecule has 0 spiro atoms. The second-order valence-corrected chi connectivity index (χ2v) is 3.90. The number of allylic oxidation sites excluding steroid dienone is 1. The number of aromatic nitrogens is 3. The molecular weight excluding hydrogens is 212 g/mol. The van der Waals surface area contributed by atoms with Gasteiger partial charge in [-0.3, -0.25) is 4.98 Å². The van der Waals surface area contributed by atoms with Crippen LogP contribution in [0.2, 0.25) is 0 Å². The Labute approximate surface area is 101 Å². The lowest BCUT2D eigenvalue weighted by atomic mass is 10.3. The summed E-state index contributed by atoms with van der Waals surface area (Å²) in [6.45, 7) is 8.42. The van der Waals surface area contributed by atoms with E-state index in [9.17, 15) is 0 Å². The van der Waals surface area contributed by atoms with E-state index < -0.39 is 0 Å². The van der Waals surface area contributed by atoms with Crippen LogP contribution in [-0.4, -0.2) is 14.5 Å². The summed E-state index contributed by atoms with van der Waals surface area (Å²) in [6.07, 6.45) is 5.52. The molecule has 0 bridgehead atoms. The van der Waals surface area contributed by atoms with E-state index in [4.69, 9.17) is 0 Å². The Morgan fingerprint density at radius 2 is 2.24 bits per heavy atom. The molecule has 4 nitrogen and oxygen atoms in total.